The van der Waals surface area contributed by atoms with Gasteiger partial charge in [-0.05, 0) is 0 Å². The molecule has 0 radical (unpaired) electrons. The van der Waals surface area contributed by atoms with Crippen LogP contribution < -0.4 is 0 Å². The summed E-state index contributed by atoms with van der Waals surface area (Å²) < 4.78 is 17.8. The maximum absolute atomic E-state index is 3.40. The van der Waals surface area contributed by atoms with Crippen LogP contribution in [0.1, 0.15) is 15.7 Å². The SMILES string of the molecule is [CH3][Pb]([CH3])([CH3])[C]1=[C-]CC=C1.[CH3][Pb]([CH3])([CH3])[C]1=[C-]CC=C1.[H-].[H-].[Hf]. The van der Waals surface area contributed by atoms with Gasteiger partial charge < -0.3 is 2.85 Å². The van der Waals surface area contributed by atoms with Crippen LogP contribution in [-0.2, 0) is 25.8 Å². The molecule has 0 bridgehead atoms. The van der Waals surface area contributed by atoms with E-state index in [0.717, 1.165) is 12.8 Å². The van der Waals surface area contributed by atoms with E-state index in [1.807, 2.05) is 0 Å². The van der Waals surface area contributed by atoms with Crippen LogP contribution >= 0.6 is 0 Å². The minimum absolute atomic E-state index is 0. The van der Waals surface area contributed by atoms with Crippen LogP contribution in [0.15, 0.2) is 30.6 Å². The molecule has 2 aliphatic rings. The summed E-state index contributed by atoms with van der Waals surface area (Å²) in [5.41, 5.74) is 0. The number of rotatable bonds is 2. The van der Waals surface area contributed by atoms with Crippen LogP contribution in [0.5, 0.6) is 0 Å². The quantitative estimate of drug-likeness (QED) is 0.262. The molecule has 0 saturated carbocycles. The molecular formula is C16H28HfPb2-4. The van der Waals surface area contributed by atoms with Gasteiger partial charge in [-0.1, -0.05) is 0 Å². The van der Waals surface area contributed by atoms with Gasteiger partial charge in [0.1, 0.15) is 0 Å². The van der Waals surface area contributed by atoms with E-state index in [9.17, 15) is 0 Å². The van der Waals surface area contributed by atoms with E-state index in [-0.39, 0.29) is 28.7 Å². The molecule has 0 aromatic rings. The Labute approximate surface area is 151 Å². The Hall–Kier alpha value is 1.67. The van der Waals surface area contributed by atoms with Crippen molar-refractivity contribution in [1.29, 1.82) is 0 Å². The summed E-state index contributed by atoms with van der Waals surface area (Å²) in [4.78, 5) is 0. The second-order valence-corrected chi connectivity index (χ2v) is 46.1. The van der Waals surface area contributed by atoms with Gasteiger partial charge in [-0.15, -0.1) is 0 Å². The third kappa shape index (κ3) is 8.02. The van der Waals surface area contributed by atoms with Gasteiger partial charge in [0.2, 0.25) is 0 Å². The van der Waals surface area contributed by atoms with E-state index in [4.69, 9.17) is 0 Å². The Balaban J connectivity index is -0.000000270. The monoisotopic (exact) mass is 816 g/mol. The first-order chi connectivity index (χ1) is 8.21. The summed E-state index contributed by atoms with van der Waals surface area (Å²) in [6, 6.07) is 0. The van der Waals surface area contributed by atoms with Crippen molar-refractivity contribution >= 4 is 42.3 Å². The zero-order valence-corrected chi connectivity index (χ0v) is 24.6. The average molecular weight is 813 g/mol. The standard InChI is InChI=1S/2C5H4.6CH3.Hf.2Pb.2H/c2*1-2-4-5-3-1;;;;;;;;;;;/h2*1-2H,3H2;6*1H3;;;;;/q2*-1;;;;;;;;;;2*-1. The van der Waals surface area contributed by atoms with Gasteiger partial charge in [0.15, 0.2) is 0 Å². The first kappa shape index (κ1) is 20.7. The van der Waals surface area contributed by atoms with Crippen molar-refractivity contribution in [3.05, 3.63) is 42.7 Å². The Bertz CT molecular complexity index is 371. The smallest absolute Gasteiger partial charge is 0 e. The van der Waals surface area contributed by atoms with Crippen LogP contribution in [0.25, 0.3) is 0 Å². The molecule has 0 spiro atoms. The van der Waals surface area contributed by atoms with Crippen molar-refractivity contribution in [2.75, 3.05) is 0 Å². The van der Waals surface area contributed by atoms with Crippen molar-refractivity contribution in [2.24, 2.45) is 0 Å². The topological polar surface area (TPSA) is 0 Å². The predicted molar refractivity (Wildman–Crippen MR) is 89.9 cm³/mol. The van der Waals surface area contributed by atoms with Gasteiger partial charge in [0.05, 0.1) is 0 Å². The van der Waals surface area contributed by atoms with Crippen LogP contribution in [0.3, 0.4) is 0 Å². The molecule has 0 nitrogen and oxygen atoms in total. The summed E-state index contributed by atoms with van der Waals surface area (Å²) >= 11 is -3.58. The minimum atomic E-state index is -1.79. The van der Waals surface area contributed by atoms with E-state index in [1.165, 1.54) is 0 Å². The molecule has 0 aromatic carbocycles. The summed E-state index contributed by atoms with van der Waals surface area (Å²) in [6.07, 6.45) is 17.9. The predicted octanol–water partition coefficient (Wildman–Crippen LogP) is 5.33. The van der Waals surface area contributed by atoms with Gasteiger partial charge in [-0.3, -0.25) is 0 Å². The first-order valence-electron chi connectivity index (χ1n) is 6.77. The fourth-order valence-corrected chi connectivity index (χ4v) is 11.6. The third-order valence-corrected chi connectivity index (χ3v) is 18.2. The molecule has 0 saturated heterocycles. The Morgan fingerprint density at radius 3 is 1.21 bits per heavy atom. The fourth-order valence-electron chi connectivity index (χ4n) is 1.84. The van der Waals surface area contributed by atoms with E-state index >= 15 is 0 Å². The second kappa shape index (κ2) is 8.96. The van der Waals surface area contributed by atoms with Gasteiger partial charge in [-0.2, -0.15) is 0 Å². The third-order valence-electron chi connectivity index (χ3n) is 3.01. The number of allylic oxidation sites excluding steroid dienone is 8. The second-order valence-electron chi connectivity index (χ2n) is 6.89. The molecule has 0 N–H and O–H groups in total. The molecule has 0 aliphatic heterocycles. The zero-order chi connectivity index (χ0) is 13.8. The van der Waals surface area contributed by atoms with Gasteiger partial charge in [0, 0.05) is 25.8 Å². The minimum Gasteiger partial charge on any atom is -1.00 e. The van der Waals surface area contributed by atoms with Crippen molar-refractivity contribution in [1.82, 2.24) is 0 Å². The van der Waals surface area contributed by atoms with Crippen molar-refractivity contribution in [2.45, 2.75) is 39.7 Å². The molecule has 2 rings (SSSR count). The van der Waals surface area contributed by atoms with Crippen LogP contribution in [0.4, 0.5) is 0 Å². The largest absolute Gasteiger partial charge is 1.00 e. The van der Waals surface area contributed by atoms with E-state index in [2.05, 4.69) is 63.4 Å². The fraction of sp³-hybridized carbons (Fsp3) is 0.500. The molecule has 0 aromatic heterocycles. The van der Waals surface area contributed by atoms with Crippen LogP contribution in [0.2, 0.25) is 26.9 Å². The zero-order valence-electron chi connectivity index (χ0n) is 15.2. The summed E-state index contributed by atoms with van der Waals surface area (Å²) in [5, 5.41) is 0. The molecular weight excluding hydrogens is 785 g/mol. The van der Waals surface area contributed by atoms with Crippen molar-refractivity contribution in [3.63, 3.8) is 0 Å². The Morgan fingerprint density at radius 2 is 1.11 bits per heavy atom. The molecule has 2 aliphatic carbocycles. The molecule has 0 unspecified atom stereocenters. The van der Waals surface area contributed by atoms with Crippen molar-refractivity contribution in [3.8, 4) is 0 Å². The molecule has 3 heteroatoms. The molecule has 0 atom stereocenters. The first-order valence-corrected chi connectivity index (χ1v) is 34.0. The maximum atomic E-state index is 3.40. The van der Waals surface area contributed by atoms with Crippen molar-refractivity contribution < 1.29 is 28.7 Å². The number of hydrogen-bond acceptors (Lipinski definition) is 0. The number of hydrogen-bond donors (Lipinski definition) is 0. The van der Waals surface area contributed by atoms with Gasteiger partial charge in [0.25, 0.3) is 0 Å². The summed E-state index contributed by atoms with van der Waals surface area (Å²) in [6.45, 7) is 0. The molecule has 0 fully saturated rings. The summed E-state index contributed by atoms with van der Waals surface area (Å²) in [5.74, 6) is 0. The van der Waals surface area contributed by atoms with Gasteiger partial charge >= 0.3 is 125 Å². The Morgan fingerprint density at radius 1 is 0.789 bits per heavy atom. The van der Waals surface area contributed by atoms with E-state index in [0.29, 0.717) is 0 Å². The molecule has 108 valence electrons. The average Bonchev–Trinajstić information content (AvgIpc) is 2.91. The van der Waals surface area contributed by atoms with Gasteiger partial charge in [-0.25, -0.2) is 0 Å². The molecule has 0 amide bonds. The van der Waals surface area contributed by atoms with E-state index in [1.54, 1.807) is 6.26 Å². The van der Waals surface area contributed by atoms with Crippen LogP contribution in [-0.4, -0.2) is 42.3 Å². The van der Waals surface area contributed by atoms with Crippen LogP contribution in [0, 0.1) is 12.2 Å². The normalized spacial score (nSPS) is 17.4. The maximum Gasteiger partial charge on any atom is 0 e. The molecule has 19 heavy (non-hydrogen) atoms. The molecule has 0 heterocycles. The summed E-state index contributed by atoms with van der Waals surface area (Å²) in [7, 11) is 0. The van der Waals surface area contributed by atoms with E-state index < -0.39 is 42.3 Å². The Kier molecular flexibility index (Phi) is 9.75.